The van der Waals surface area contributed by atoms with E-state index in [9.17, 15) is 0 Å². The van der Waals surface area contributed by atoms with Gasteiger partial charge in [0.25, 0.3) is 0 Å². The van der Waals surface area contributed by atoms with Crippen LogP contribution in [0.3, 0.4) is 0 Å². The zero-order chi connectivity index (χ0) is 13.8. The summed E-state index contributed by atoms with van der Waals surface area (Å²) in [6.45, 7) is 2.84. The Hall–Kier alpha value is -1.66. The average Bonchev–Trinajstić information content (AvgIpc) is 3.09. The van der Waals surface area contributed by atoms with Gasteiger partial charge in [-0.1, -0.05) is 47.7 Å². The fourth-order valence-electron chi connectivity index (χ4n) is 1.90. The van der Waals surface area contributed by atoms with Crippen LogP contribution in [0.5, 0.6) is 0 Å². The van der Waals surface area contributed by atoms with E-state index in [-0.39, 0.29) is 0 Å². The van der Waals surface area contributed by atoms with Crippen LogP contribution in [0.2, 0.25) is 0 Å². The van der Waals surface area contributed by atoms with Crippen molar-refractivity contribution in [2.75, 3.05) is 0 Å². The minimum Gasteiger partial charge on any atom is -0.215 e. The summed E-state index contributed by atoms with van der Waals surface area (Å²) in [7, 11) is 0. The third-order valence-corrected chi connectivity index (χ3v) is 4.72. The normalized spacial score (nSPS) is 10.8. The van der Waals surface area contributed by atoms with Crippen LogP contribution in [0.15, 0.2) is 46.9 Å². The maximum absolute atomic E-state index is 4.10. The second-order valence-corrected chi connectivity index (χ2v) is 6.45. The van der Waals surface area contributed by atoms with Crippen molar-refractivity contribution in [3.05, 3.63) is 57.8 Å². The molecule has 0 N–H and O–H groups in total. The molecule has 0 aliphatic rings. The molecule has 102 valence electrons. The molecular formula is C14H14N4S2. The van der Waals surface area contributed by atoms with Crippen molar-refractivity contribution in [2.24, 2.45) is 0 Å². The molecule has 0 saturated carbocycles. The Morgan fingerprint density at radius 1 is 1.25 bits per heavy atom. The lowest BCUT2D eigenvalue weighted by Gasteiger charge is -2.03. The van der Waals surface area contributed by atoms with Gasteiger partial charge in [-0.25, -0.2) is 4.68 Å². The van der Waals surface area contributed by atoms with Gasteiger partial charge in [0.15, 0.2) is 0 Å². The highest BCUT2D eigenvalue weighted by Crippen LogP contribution is 2.21. The highest BCUT2D eigenvalue weighted by molar-refractivity contribution is 7.98. The summed E-state index contributed by atoms with van der Waals surface area (Å²) in [6.07, 6.45) is 0. The summed E-state index contributed by atoms with van der Waals surface area (Å²) in [5, 5.41) is 14.9. The number of thiophene rings is 1. The minimum absolute atomic E-state index is 0.737. The molecule has 2 aromatic heterocycles. The van der Waals surface area contributed by atoms with Gasteiger partial charge in [0.2, 0.25) is 5.16 Å². The molecule has 1 aromatic carbocycles. The smallest absolute Gasteiger partial charge is 0.209 e. The van der Waals surface area contributed by atoms with E-state index in [4.69, 9.17) is 0 Å². The first kappa shape index (κ1) is 13.3. The lowest BCUT2D eigenvalue weighted by Crippen LogP contribution is -2.02. The number of nitrogens with zero attached hydrogens (tertiary/aromatic N) is 4. The van der Waals surface area contributed by atoms with Gasteiger partial charge in [-0.15, -0.1) is 16.4 Å². The quantitative estimate of drug-likeness (QED) is 0.678. The van der Waals surface area contributed by atoms with Crippen molar-refractivity contribution < 1.29 is 0 Å². The van der Waals surface area contributed by atoms with Crippen LogP contribution in [0.4, 0.5) is 0 Å². The second-order valence-electron chi connectivity index (χ2n) is 4.48. The van der Waals surface area contributed by atoms with Crippen molar-refractivity contribution in [1.29, 1.82) is 0 Å². The number of aryl methyl sites for hydroxylation is 1. The van der Waals surface area contributed by atoms with Crippen molar-refractivity contribution in [1.82, 2.24) is 20.2 Å². The Morgan fingerprint density at radius 3 is 3.00 bits per heavy atom. The Bertz CT molecular complexity index is 676. The Kier molecular flexibility index (Phi) is 4.13. The van der Waals surface area contributed by atoms with E-state index in [0.29, 0.717) is 0 Å². The molecule has 4 nitrogen and oxygen atoms in total. The average molecular weight is 302 g/mol. The first-order valence-corrected chi connectivity index (χ1v) is 8.15. The fourth-order valence-corrected chi connectivity index (χ4v) is 3.40. The molecule has 0 aliphatic heterocycles. The van der Waals surface area contributed by atoms with Gasteiger partial charge in [-0.05, 0) is 34.4 Å². The third-order valence-electron chi connectivity index (χ3n) is 2.84. The summed E-state index contributed by atoms with van der Waals surface area (Å²) in [4.78, 5) is 1.26. The van der Waals surface area contributed by atoms with E-state index in [2.05, 4.69) is 58.2 Å². The third kappa shape index (κ3) is 3.26. The van der Waals surface area contributed by atoms with E-state index in [0.717, 1.165) is 17.5 Å². The van der Waals surface area contributed by atoms with Crippen LogP contribution in [0.25, 0.3) is 0 Å². The van der Waals surface area contributed by atoms with Crippen LogP contribution >= 0.6 is 23.1 Å². The highest BCUT2D eigenvalue weighted by Gasteiger charge is 2.08. The molecule has 0 atom stereocenters. The van der Waals surface area contributed by atoms with Crippen molar-refractivity contribution in [2.45, 2.75) is 24.4 Å². The number of tetrazole rings is 1. The van der Waals surface area contributed by atoms with Crippen molar-refractivity contribution in [3.63, 3.8) is 0 Å². The van der Waals surface area contributed by atoms with Crippen LogP contribution in [0.1, 0.15) is 16.0 Å². The molecule has 0 amide bonds. The zero-order valence-electron chi connectivity index (χ0n) is 11.1. The predicted molar refractivity (Wildman–Crippen MR) is 82.0 cm³/mol. The Labute approximate surface area is 125 Å². The molecule has 0 bridgehead atoms. The summed E-state index contributed by atoms with van der Waals surface area (Å²) in [5.74, 6) is 0.881. The van der Waals surface area contributed by atoms with Crippen LogP contribution in [-0.2, 0) is 12.3 Å². The molecule has 2 heterocycles. The van der Waals surface area contributed by atoms with Crippen molar-refractivity contribution in [3.8, 4) is 0 Å². The topological polar surface area (TPSA) is 43.6 Å². The molecule has 0 saturated heterocycles. The number of hydrogen-bond acceptors (Lipinski definition) is 5. The fraction of sp³-hybridized carbons (Fsp3) is 0.214. The lowest BCUT2D eigenvalue weighted by atomic mass is 10.2. The molecule has 6 heteroatoms. The number of hydrogen-bond donors (Lipinski definition) is 0. The van der Waals surface area contributed by atoms with Crippen LogP contribution in [-0.4, -0.2) is 20.2 Å². The van der Waals surface area contributed by atoms with E-state index < -0.39 is 0 Å². The van der Waals surface area contributed by atoms with Crippen LogP contribution in [0, 0.1) is 6.92 Å². The van der Waals surface area contributed by atoms with E-state index in [1.165, 1.54) is 16.0 Å². The summed E-state index contributed by atoms with van der Waals surface area (Å²) < 4.78 is 1.85. The van der Waals surface area contributed by atoms with Gasteiger partial charge in [0.05, 0.1) is 6.54 Å². The number of aromatic nitrogens is 4. The van der Waals surface area contributed by atoms with E-state index in [1.807, 2.05) is 10.7 Å². The molecule has 20 heavy (non-hydrogen) atoms. The zero-order valence-corrected chi connectivity index (χ0v) is 12.7. The molecule has 0 aliphatic carbocycles. The monoisotopic (exact) mass is 302 g/mol. The molecule has 0 fully saturated rings. The number of benzene rings is 1. The van der Waals surface area contributed by atoms with Crippen molar-refractivity contribution >= 4 is 23.1 Å². The minimum atomic E-state index is 0.737. The van der Waals surface area contributed by atoms with Gasteiger partial charge in [0, 0.05) is 10.6 Å². The SMILES string of the molecule is Cc1cccc(CSc2nnnn2Cc2cccs2)c1. The van der Waals surface area contributed by atoms with Gasteiger partial charge in [-0.2, -0.15) is 0 Å². The van der Waals surface area contributed by atoms with E-state index >= 15 is 0 Å². The predicted octanol–water partition coefficient (Wildman–Crippen LogP) is 3.38. The highest BCUT2D eigenvalue weighted by atomic mass is 32.2. The molecule has 0 spiro atoms. The summed E-state index contributed by atoms with van der Waals surface area (Å²) in [5.41, 5.74) is 2.57. The van der Waals surface area contributed by atoms with E-state index in [1.54, 1.807) is 23.1 Å². The Morgan fingerprint density at radius 2 is 2.20 bits per heavy atom. The second kappa shape index (κ2) is 6.19. The molecule has 3 rings (SSSR count). The molecular weight excluding hydrogens is 288 g/mol. The van der Waals surface area contributed by atoms with Gasteiger partial charge in [-0.3, -0.25) is 0 Å². The maximum Gasteiger partial charge on any atom is 0.209 e. The first-order valence-electron chi connectivity index (χ1n) is 6.28. The molecule has 3 aromatic rings. The lowest BCUT2D eigenvalue weighted by molar-refractivity contribution is 0.608. The molecule has 0 unspecified atom stereocenters. The molecule has 0 radical (unpaired) electrons. The van der Waals surface area contributed by atoms with Gasteiger partial charge >= 0.3 is 0 Å². The summed E-state index contributed by atoms with van der Waals surface area (Å²) in [6, 6.07) is 12.7. The van der Waals surface area contributed by atoms with Gasteiger partial charge < -0.3 is 0 Å². The standard InChI is InChI=1S/C14H14N4S2/c1-11-4-2-5-12(8-11)10-20-14-15-16-17-18(14)9-13-6-3-7-19-13/h2-8H,9-10H2,1H3. The Balaban J connectivity index is 1.67. The first-order chi connectivity index (χ1) is 9.81. The maximum atomic E-state index is 4.10. The largest absolute Gasteiger partial charge is 0.215 e. The summed E-state index contributed by atoms with van der Waals surface area (Å²) >= 11 is 3.39. The van der Waals surface area contributed by atoms with Crippen LogP contribution < -0.4 is 0 Å². The number of thioether (sulfide) groups is 1. The van der Waals surface area contributed by atoms with Gasteiger partial charge in [0.1, 0.15) is 0 Å². The number of rotatable bonds is 5.